The molecule has 28 heavy (non-hydrogen) atoms. The van der Waals surface area contributed by atoms with Crippen molar-refractivity contribution in [2.45, 2.75) is 19.5 Å². The number of alkyl halides is 1. The van der Waals surface area contributed by atoms with Crippen molar-refractivity contribution in [3.8, 4) is 29.0 Å². The number of H-pyrrole nitrogens is 1. The minimum Gasteiger partial charge on any atom is -0.497 e. The number of fused-ring (bicyclic) bond motifs is 1. The first-order valence-electron chi connectivity index (χ1n) is 8.96. The first-order valence-corrected chi connectivity index (χ1v) is 8.96. The second-order valence-electron chi connectivity index (χ2n) is 6.26. The average molecular weight is 385 g/mol. The lowest BCUT2D eigenvalue weighted by molar-refractivity contribution is 0.245. The van der Waals surface area contributed by atoms with E-state index in [-0.39, 0.29) is 5.88 Å². The monoisotopic (exact) mass is 385 g/mol. The van der Waals surface area contributed by atoms with Gasteiger partial charge in [-0.25, -0.2) is 14.4 Å². The van der Waals surface area contributed by atoms with E-state index in [1.165, 1.54) is 0 Å². The summed E-state index contributed by atoms with van der Waals surface area (Å²) in [6.07, 6.45) is 2.19. The van der Waals surface area contributed by atoms with Crippen molar-refractivity contribution in [3.05, 3.63) is 41.2 Å². The largest absolute Gasteiger partial charge is 0.497 e. The maximum Gasteiger partial charge on any atom is 0.260 e. The lowest BCUT2D eigenvalue weighted by atomic mass is 10.3. The van der Waals surface area contributed by atoms with Gasteiger partial charge in [0.25, 0.3) is 5.88 Å². The van der Waals surface area contributed by atoms with E-state index in [0.717, 1.165) is 6.42 Å². The van der Waals surface area contributed by atoms with Crippen LogP contribution in [0.25, 0.3) is 17.8 Å². The van der Waals surface area contributed by atoms with Gasteiger partial charge < -0.3 is 23.9 Å². The molecule has 8 nitrogen and oxygen atoms in total. The van der Waals surface area contributed by atoms with Crippen LogP contribution in [0.1, 0.15) is 13.3 Å². The van der Waals surface area contributed by atoms with Gasteiger partial charge in [0.15, 0.2) is 17.5 Å². The van der Waals surface area contributed by atoms with Crippen molar-refractivity contribution in [2.24, 2.45) is 4.99 Å². The Morgan fingerprint density at radius 1 is 1.29 bits per heavy atom. The normalized spacial score (nSPS) is 15.5. The lowest BCUT2D eigenvalue weighted by Crippen LogP contribution is -2.43. The Kier molecular flexibility index (Phi) is 4.96. The fourth-order valence-corrected chi connectivity index (χ4v) is 2.95. The first kappa shape index (κ1) is 18.0. The Morgan fingerprint density at radius 2 is 2.14 bits per heavy atom. The molecule has 4 rings (SSSR count). The molecule has 0 saturated heterocycles. The van der Waals surface area contributed by atoms with Crippen molar-refractivity contribution in [1.82, 2.24) is 20.0 Å². The molecule has 9 heteroatoms. The summed E-state index contributed by atoms with van der Waals surface area (Å²) in [4.78, 5) is 13.8. The molecule has 0 bridgehead atoms. The zero-order valence-corrected chi connectivity index (χ0v) is 15.6. The predicted octanol–water partition coefficient (Wildman–Crippen LogP) is 2.24. The quantitative estimate of drug-likeness (QED) is 0.671. The lowest BCUT2D eigenvalue weighted by Gasteiger charge is -2.26. The fourth-order valence-electron chi connectivity index (χ4n) is 2.95. The highest BCUT2D eigenvalue weighted by Crippen LogP contribution is 2.26. The molecule has 0 saturated carbocycles. The Hall–Kier alpha value is -3.36. The smallest absolute Gasteiger partial charge is 0.260 e. The third-order valence-corrected chi connectivity index (χ3v) is 4.27. The molecule has 1 atom stereocenters. The predicted molar refractivity (Wildman–Crippen MR) is 99.2 cm³/mol. The van der Waals surface area contributed by atoms with Gasteiger partial charge in [0, 0.05) is 18.8 Å². The van der Waals surface area contributed by atoms with E-state index >= 15 is 0 Å². The molecule has 0 radical (unpaired) electrons. The van der Waals surface area contributed by atoms with E-state index in [2.05, 4.69) is 20.1 Å². The minimum atomic E-state index is -0.570. The van der Waals surface area contributed by atoms with Crippen molar-refractivity contribution < 1.29 is 18.4 Å². The molecular formula is C19H20FN5O3. The molecule has 1 aliphatic rings. The van der Waals surface area contributed by atoms with Gasteiger partial charge >= 0.3 is 0 Å². The number of aromatic amines is 1. The number of hydrogen-bond acceptors (Lipinski definition) is 7. The van der Waals surface area contributed by atoms with Crippen LogP contribution in [0.15, 0.2) is 39.8 Å². The SMILES string of the molecule is CCCN1C=c2[nH]c(-c3cc(Oc4cccc(OC)c4)no3)nc2=NC1CF. The van der Waals surface area contributed by atoms with Crippen LogP contribution in [-0.4, -0.2) is 46.5 Å². The van der Waals surface area contributed by atoms with E-state index in [1.54, 1.807) is 25.3 Å². The summed E-state index contributed by atoms with van der Waals surface area (Å²) in [6, 6.07) is 8.79. The van der Waals surface area contributed by atoms with Gasteiger partial charge in [-0.1, -0.05) is 13.0 Å². The Labute approximate surface area is 160 Å². The molecule has 0 spiro atoms. The van der Waals surface area contributed by atoms with Gasteiger partial charge in [-0.05, 0) is 23.7 Å². The third-order valence-electron chi connectivity index (χ3n) is 4.27. The average Bonchev–Trinajstić information content (AvgIpc) is 3.34. The highest BCUT2D eigenvalue weighted by Gasteiger charge is 2.20. The molecule has 3 aromatic rings. The second kappa shape index (κ2) is 7.71. The topological polar surface area (TPSA) is 88.8 Å². The third kappa shape index (κ3) is 3.55. The summed E-state index contributed by atoms with van der Waals surface area (Å²) in [5, 5.41) is 4.62. The van der Waals surface area contributed by atoms with Gasteiger partial charge in [0.05, 0.1) is 13.2 Å². The molecule has 2 aromatic heterocycles. The number of halogens is 1. The van der Waals surface area contributed by atoms with Crippen molar-refractivity contribution in [3.63, 3.8) is 0 Å². The van der Waals surface area contributed by atoms with E-state index in [4.69, 9.17) is 14.0 Å². The Bertz CT molecular complexity index is 1080. The molecule has 1 N–H and O–H groups in total. The zero-order chi connectivity index (χ0) is 19.5. The van der Waals surface area contributed by atoms with Gasteiger partial charge in [-0.2, -0.15) is 0 Å². The molecule has 0 aliphatic carbocycles. The van der Waals surface area contributed by atoms with Gasteiger partial charge in [-0.3, -0.25) is 0 Å². The summed E-state index contributed by atoms with van der Waals surface area (Å²) in [5.41, 5.74) is 0.455. The number of aromatic nitrogens is 3. The number of imidazole rings is 1. The maximum absolute atomic E-state index is 13.3. The maximum atomic E-state index is 13.3. The number of methoxy groups -OCH3 is 1. The number of nitrogens with zero attached hydrogens (tertiary/aromatic N) is 4. The van der Waals surface area contributed by atoms with Crippen LogP contribution in [0.4, 0.5) is 4.39 Å². The van der Waals surface area contributed by atoms with Crippen LogP contribution >= 0.6 is 0 Å². The molecule has 0 amide bonds. The van der Waals surface area contributed by atoms with Crippen LogP contribution in [0.2, 0.25) is 0 Å². The van der Waals surface area contributed by atoms with Gasteiger partial charge in [-0.15, -0.1) is 0 Å². The summed E-state index contributed by atoms with van der Waals surface area (Å²) in [5.74, 6) is 2.38. The molecule has 1 aliphatic heterocycles. The molecule has 1 unspecified atom stereocenters. The van der Waals surface area contributed by atoms with Crippen LogP contribution in [0.3, 0.4) is 0 Å². The Morgan fingerprint density at radius 3 is 2.93 bits per heavy atom. The van der Waals surface area contributed by atoms with Crippen LogP contribution in [0.5, 0.6) is 17.4 Å². The van der Waals surface area contributed by atoms with Crippen LogP contribution in [-0.2, 0) is 0 Å². The molecule has 146 valence electrons. The van der Waals surface area contributed by atoms with E-state index in [9.17, 15) is 4.39 Å². The van der Waals surface area contributed by atoms with Crippen LogP contribution in [0, 0.1) is 0 Å². The number of nitrogens with one attached hydrogen (secondary N) is 1. The molecule has 1 aromatic carbocycles. The summed E-state index contributed by atoms with van der Waals surface area (Å²) in [6.45, 7) is 2.18. The number of rotatable bonds is 7. The number of ether oxygens (including phenoxy) is 2. The van der Waals surface area contributed by atoms with Crippen LogP contribution < -0.4 is 20.3 Å². The molecular weight excluding hydrogens is 365 g/mol. The zero-order valence-electron chi connectivity index (χ0n) is 15.6. The standard InChI is InChI=1S/C19H20FN5O3/c1-3-7-25-11-14-18(22-16(25)10-20)23-19(21-14)15-9-17(24-28-15)27-13-6-4-5-12(8-13)26-2/h4-6,8-9,11,16H,3,7,10H2,1-2H3,(H,21,22,23). The summed E-state index contributed by atoms with van der Waals surface area (Å²) < 4.78 is 29.5. The van der Waals surface area contributed by atoms with E-state index < -0.39 is 12.8 Å². The van der Waals surface area contributed by atoms with Crippen molar-refractivity contribution >= 4 is 6.20 Å². The molecule has 0 fully saturated rings. The highest BCUT2D eigenvalue weighted by molar-refractivity contribution is 5.49. The minimum absolute atomic E-state index is 0.285. The number of hydrogen-bond donors (Lipinski definition) is 1. The van der Waals surface area contributed by atoms with E-state index in [1.807, 2.05) is 30.2 Å². The summed E-state index contributed by atoms with van der Waals surface area (Å²) in [7, 11) is 1.59. The number of benzene rings is 1. The van der Waals surface area contributed by atoms with Gasteiger partial charge in [0.1, 0.15) is 23.5 Å². The van der Waals surface area contributed by atoms with Gasteiger partial charge in [0.2, 0.25) is 5.76 Å². The second-order valence-corrected chi connectivity index (χ2v) is 6.26. The van der Waals surface area contributed by atoms with E-state index in [0.29, 0.717) is 40.5 Å². The van der Waals surface area contributed by atoms with Crippen molar-refractivity contribution in [1.29, 1.82) is 0 Å². The molecule has 3 heterocycles. The Balaban J connectivity index is 1.59. The fraction of sp³-hybridized carbons (Fsp3) is 0.316. The summed E-state index contributed by atoms with van der Waals surface area (Å²) >= 11 is 0. The highest BCUT2D eigenvalue weighted by atomic mass is 19.1. The van der Waals surface area contributed by atoms with Crippen molar-refractivity contribution in [2.75, 3.05) is 20.3 Å². The first-order chi connectivity index (χ1) is 13.7.